The molecule has 1 aliphatic heterocycles. The topological polar surface area (TPSA) is 18.5 Å². The monoisotopic (exact) mass is 262 g/mol. The Hall–Kier alpha value is -0.250. The minimum atomic E-state index is -0.102. The summed E-state index contributed by atoms with van der Waals surface area (Å²) in [5.74, 6) is 0.734. The van der Waals surface area contributed by atoms with E-state index in [1.807, 2.05) is 6.07 Å². The van der Waals surface area contributed by atoms with E-state index in [1.54, 1.807) is 12.1 Å². The molecule has 0 N–H and O–H groups in total. The van der Waals surface area contributed by atoms with Crippen LogP contribution in [0.5, 0.6) is 5.75 Å². The Morgan fingerprint density at radius 2 is 2.31 bits per heavy atom. The van der Waals surface area contributed by atoms with Crippen molar-refractivity contribution in [1.29, 1.82) is 0 Å². The van der Waals surface area contributed by atoms with E-state index >= 15 is 0 Å². The Balaban J connectivity index is 2.13. The number of ether oxygens (including phenoxy) is 2. The lowest BCUT2D eigenvalue weighted by Gasteiger charge is -2.27. The van der Waals surface area contributed by atoms with E-state index in [4.69, 9.17) is 21.1 Å². The van der Waals surface area contributed by atoms with Gasteiger partial charge in [0, 0.05) is 17.5 Å². The van der Waals surface area contributed by atoms with E-state index in [9.17, 15) is 0 Å². The van der Waals surface area contributed by atoms with Gasteiger partial charge in [-0.3, -0.25) is 0 Å². The SMILES string of the molecule is Clc1ccc(Br)c(OC2CCO2)c1. The van der Waals surface area contributed by atoms with Crippen LogP contribution >= 0.6 is 27.5 Å². The van der Waals surface area contributed by atoms with Crippen LogP contribution in [0.3, 0.4) is 0 Å². The van der Waals surface area contributed by atoms with E-state index in [-0.39, 0.29) is 6.29 Å². The molecule has 0 spiro atoms. The zero-order valence-electron chi connectivity index (χ0n) is 6.80. The summed E-state index contributed by atoms with van der Waals surface area (Å²) in [6.07, 6.45) is 0.841. The summed E-state index contributed by atoms with van der Waals surface area (Å²) in [6.45, 7) is 0.781. The lowest BCUT2D eigenvalue weighted by Crippen LogP contribution is -2.32. The third kappa shape index (κ3) is 2.16. The molecule has 0 bridgehead atoms. The van der Waals surface area contributed by atoms with Gasteiger partial charge in [-0.05, 0) is 28.1 Å². The van der Waals surface area contributed by atoms with Crippen molar-refractivity contribution in [3.05, 3.63) is 27.7 Å². The molecule has 0 amide bonds. The summed E-state index contributed by atoms with van der Waals surface area (Å²) < 4.78 is 11.5. The Kier molecular flexibility index (Phi) is 2.77. The zero-order valence-corrected chi connectivity index (χ0v) is 9.14. The molecule has 0 aliphatic carbocycles. The smallest absolute Gasteiger partial charge is 0.202 e. The molecule has 70 valence electrons. The maximum atomic E-state index is 5.82. The minimum absolute atomic E-state index is 0.102. The molecule has 0 saturated carbocycles. The van der Waals surface area contributed by atoms with Crippen molar-refractivity contribution >= 4 is 27.5 Å². The fraction of sp³-hybridized carbons (Fsp3) is 0.333. The minimum Gasteiger partial charge on any atom is -0.464 e. The van der Waals surface area contributed by atoms with Gasteiger partial charge in [0.15, 0.2) is 0 Å². The number of hydrogen-bond acceptors (Lipinski definition) is 2. The second-order valence-electron chi connectivity index (χ2n) is 2.78. The summed E-state index contributed by atoms with van der Waals surface area (Å²) in [7, 11) is 0. The van der Waals surface area contributed by atoms with Crippen LogP contribution in [0, 0.1) is 0 Å². The fourth-order valence-corrected chi connectivity index (χ4v) is 1.52. The van der Waals surface area contributed by atoms with Crippen LogP contribution in [0.15, 0.2) is 22.7 Å². The van der Waals surface area contributed by atoms with Gasteiger partial charge in [0.2, 0.25) is 6.29 Å². The predicted octanol–water partition coefficient (Wildman–Crippen LogP) is 3.23. The second kappa shape index (κ2) is 3.86. The van der Waals surface area contributed by atoms with E-state index in [0.717, 1.165) is 23.2 Å². The Labute approximate surface area is 89.9 Å². The van der Waals surface area contributed by atoms with Crippen molar-refractivity contribution in [1.82, 2.24) is 0 Å². The average Bonchev–Trinajstić information content (AvgIpc) is 2.03. The van der Waals surface area contributed by atoms with Gasteiger partial charge in [0.25, 0.3) is 0 Å². The zero-order chi connectivity index (χ0) is 9.26. The average molecular weight is 264 g/mol. The number of rotatable bonds is 2. The summed E-state index contributed by atoms with van der Waals surface area (Å²) in [4.78, 5) is 0. The van der Waals surface area contributed by atoms with E-state index in [0.29, 0.717) is 5.02 Å². The second-order valence-corrected chi connectivity index (χ2v) is 4.07. The van der Waals surface area contributed by atoms with Gasteiger partial charge in [-0.25, -0.2) is 0 Å². The van der Waals surface area contributed by atoms with Crippen LogP contribution in [0.1, 0.15) is 6.42 Å². The van der Waals surface area contributed by atoms with Crippen LogP contribution in [0.25, 0.3) is 0 Å². The highest BCUT2D eigenvalue weighted by Gasteiger charge is 2.20. The molecule has 1 unspecified atom stereocenters. The summed E-state index contributed by atoms with van der Waals surface area (Å²) in [5, 5.41) is 0.664. The predicted molar refractivity (Wildman–Crippen MR) is 54.1 cm³/mol. The first kappa shape index (κ1) is 9.31. The maximum Gasteiger partial charge on any atom is 0.202 e. The van der Waals surface area contributed by atoms with Gasteiger partial charge in [0.05, 0.1) is 11.1 Å². The molecular formula is C9H8BrClO2. The van der Waals surface area contributed by atoms with Crippen molar-refractivity contribution in [3.8, 4) is 5.75 Å². The largest absolute Gasteiger partial charge is 0.464 e. The van der Waals surface area contributed by atoms with Crippen molar-refractivity contribution in [3.63, 3.8) is 0 Å². The molecule has 1 aromatic carbocycles. The molecule has 1 saturated heterocycles. The molecule has 1 fully saturated rings. The first-order chi connectivity index (χ1) is 6.25. The van der Waals surface area contributed by atoms with Crippen molar-refractivity contribution in [2.75, 3.05) is 6.61 Å². The van der Waals surface area contributed by atoms with Crippen LogP contribution in [0.4, 0.5) is 0 Å². The molecule has 1 atom stereocenters. The molecule has 13 heavy (non-hydrogen) atoms. The van der Waals surface area contributed by atoms with E-state index in [1.165, 1.54) is 0 Å². The first-order valence-corrected chi connectivity index (χ1v) is 5.16. The highest BCUT2D eigenvalue weighted by molar-refractivity contribution is 9.10. The molecule has 4 heteroatoms. The van der Waals surface area contributed by atoms with Gasteiger partial charge < -0.3 is 9.47 Å². The third-order valence-electron chi connectivity index (χ3n) is 1.81. The first-order valence-electron chi connectivity index (χ1n) is 3.99. The van der Waals surface area contributed by atoms with Crippen LogP contribution < -0.4 is 4.74 Å². The van der Waals surface area contributed by atoms with Crippen molar-refractivity contribution in [2.45, 2.75) is 12.7 Å². The number of halogens is 2. The van der Waals surface area contributed by atoms with Crippen LogP contribution in [-0.2, 0) is 4.74 Å². The Bertz CT molecular complexity index is 312. The molecule has 2 nitrogen and oxygen atoms in total. The van der Waals surface area contributed by atoms with Gasteiger partial charge in [0.1, 0.15) is 5.75 Å². The number of hydrogen-bond donors (Lipinski definition) is 0. The summed E-state index contributed by atoms with van der Waals surface area (Å²) >= 11 is 9.19. The summed E-state index contributed by atoms with van der Waals surface area (Å²) in [6, 6.07) is 5.43. The van der Waals surface area contributed by atoms with Gasteiger partial charge >= 0.3 is 0 Å². The number of benzene rings is 1. The highest BCUT2D eigenvalue weighted by atomic mass is 79.9. The Morgan fingerprint density at radius 1 is 1.54 bits per heavy atom. The molecule has 2 rings (SSSR count). The molecule has 0 aromatic heterocycles. The van der Waals surface area contributed by atoms with E-state index in [2.05, 4.69) is 15.9 Å². The summed E-state index contributed by atoms with van der Waals surface area (Å²) in [5.41, 5.74) is 0. The molecular weight excluding hydrogens is 255 g/mol. The molecule has 0 radical (unpaired) electrons. The van der Waals surface area contributed by atoms with Crippen molar-refractivity contribution in [2.24, 2.45) is 0 Å². The molecule has 1 heterocycles. The molecule has 1 aliphatic rings. The van der Waals surface area contributed by atoms with Crippen LogP contribution in [0.2, 0.25) is 5.02 Å². The maximum absolute atomic E-state index is 5.82. The van der Waals surface area contributed by atoms with Crippen molar-refractivity contribution < 1.29 is 9.47 Å². The highest BCUT2D eigenvalue weighted by Crippen LogP contribution is 2.30. The van der Waals surface area contributed by atoms with Crippen LogP contribution in [-0.4, -0.2) is 12.9 Å². The van der Waals surface area contributed by atoms with Gasteiger partial charge in [-0.1, -0.05) is 11.6 Å². The van der Waals surface area contributed by atoms with E-state index < -0.39 is 0 Å². The quantitative estimate of drug-likeness (QED) is 0.815. The third-order valence-corrected chi connectivity index (χ3v) is 2.70. The standard InChI is InChI=1S/C9H8BrClO2/c10-7-2-1-6(11)5-8(7)13-9-3-4-12-9/h1-2,5,9H,3-4H2. The van der Waals surface area contributed by atoms with Gasteiger partial charge in [-0.15, -0.1) is 0 Å². The normalized spacial score (nSPS) is 20.9. The lowest BCUT2D eigenvalue weighted by atomic mass is 10.3. The molecule has 1 aromatic rings. The fourth-order valence-electron chi connectivity index (χ4n) is 1.02. The Morgan fingerprint density at radius 3 is 2.92 bits per heavy atom. The lowest BCUT2D eigenvalue weighted by molar-refractivity contribution is -0.165. The van der Waals surface area contributed by atoms with Gasteiger partial charge in [-0.2, -0.15) is 0 Å².